The number of amides is 1. The van der Waals surface area contributed by atoms with E-state index in [1.807, 2.05) is 6.92 Å². The summed E-state index contributed by atoms with van der Waals surface area (Å²) in [4.78, 5) is 23.9. The van der Waals surface area contributed by atoms with Crippen molar-refractivity contribution >= 4 is 33.3 Å². The second-order valence-corrected chi connectivity index (χ2v) is 15.0. The number of nitrogens with zero attached hydrogens (tertiary/aromatic N) is 4. The minimum atomic E-state index is -4.70. The number of likely N-dealkylation sites (tertiary alicyclic amines) is 1. The molecule has 2 aromatic carbocycles. The van der Waals surface area contributed by atoms with E-state index in [-0.39, 0.29) is 36.4 Å². The number of aryl methyl sites for hydroxylation is 3. The Morgan fingerprint density at radius 2 is 1.76 bits per heavy atom. The third-order valence-corrected chi connectivity index (χ3v) is 10.7. The quantitative estimate of drug-likeness (QED) is 0.241. The molecule has 2 fully saturated rings. The van der Waals surface area contributed by atoms with Gasteiger partial charge >= 0.3 is 6.18 Å². The van der Waals surface area contributed by atoms with Crippen molar-refractivity contribution in [3.05, 3.63) is 70.5 Å². The number of methoxy groups -OCH3 is 1. The molecule has 1 amide bonds. The van der Waals surface area contributed by atoms with Gasteiger partial charge in [-0.25, -0.2) is 18.4 Å². The van der Waals surface area contributed by atoms with Gasteiger partial charge < -0.3 is 20.3 Å². The van der Waals surface area contributed by atoms with E-state index in [0.29, 0.717) is 34.3 Å². The lowest BCUT2D eigenvalue weighted by atomic mass is 9.92. The molecule has 1 aliphatic carbocycles. The summed E-state index contributed by atoms with van der Waals surface area (Å²) in [6.07, 6.45) is 5.29. The van der Waals surface area contributed by atoms with Crippen LogP contribution in [0.3, 0.4) is 0 Å². The number of piperidine rings is 1. The zero-order chi connectivity index (χ0) is 35.3. The molecule has 2 aliphatic rings. The molecule has 266 valence electrons. The van der Waals surface area contributed by atoms with E-state index in [9.17, 15) is 26.4 Å². The first-order chi connectivity index (χ1) is 23.2. The summed E-state index contributed by atoms with van der Waals surface area (Å²) >= 11 is 0. The Labute approximate surface area is 286 Å². The summed E-state index contributed by atoms with van der Waals surface area (Å²) in [5, 5.41) is 6.09. The van der Waals surface area contributed by atoms with Gasteiger partial charge in [0.15, 0.2) is 0 Å². The molecule has 3 aromatic rings. The van der Waals surface area contributed by atoms with E-state index in [0.717, 1.165) is 48.3 Å². The zero-order valence-electron chi connectivity index (χ0n) is 28.4. The lowest BCUT2D eigenvalue weighted by molar-refractivity contribution is -0.138. The molecule has 1 aliphatic heterocycles. The number of aromatic nitrogens is 2. The van der Waals surface area contributed by atoms with Crippen molar-refractivity contribution in [3.63, 3.8) is 0 Å². The van der Waals surface area contributed by atoms with Crippen LogP contribution in [0.15, 0.2) is 42.6 Å². The minimum absolute atomic E-state index is 0.0814. The molecule has 10 nitrogen and oxygen atoms in total. The Balaban J connectivity index is 1.28. The largest absolute Gasteiger partial charge is 0.495 e. The van der Waals surface area contributed by atoms with Gasteiger partial charge in [0.05, 0.1) is 36.0 Å². The normalized spacial score (nSPS) is 16.7. The Kier molecular flexibility index (Phi) is 11.4. The Bertz CT molecular complexity index is 1740. The molecule has 1 aromatic heterocycles. The van der Waals surface area contributed by atoms with Crippen LogP contribution < -0.4 is 19.7 Å². The van der Waals surface area contributed by atoms with Crippen LogP contribution in [0.2, 0.25) is 0 Å². The number of carbonyl (C=O) groups excluding carboxylic acids is 1. The van der Waals surface area contributed by atoms with Crippen LogP contribution in [0.1, 0.15) is 77.7 Å². The van der Waals surface area contributed by atoms with Gasteiger partial charge in [-0.1, -0.05) is 31.4 Å². The molecule has 2 N–H and O–H groups in total. The lowest BCUT2D eigenvalue weighted by Gasteiger charge is -2.39. The van der Waals surface area contributed by atoms with Gasteiger partial charge in [0, 0.05) is 44.0 Å². The Hall–Kier alpha value is -3.91. The highest BCUT2D eigenvalue weighted by molar-refractivity contribution is 7.92. The van der Waals surface area contributed by atoms with Crippen LogP contribution in [0, 0.1) is 6.92 Å². The number of sulfonamides is 1. The monoisotopic (exact) mass is 702 g/mol. The Morgan fingerprint density at radius 1 is 1.04 bits per heavy atom. The zero-order valence-corrected chi connectivity index (χ0v) is 29.3. The van der Waals surface area contributed by atoms with Gasteiger partial charge in [0.25, 0.3) is 5.91 Å². The SMILES string of the molecule is COc1cc(C(=O)NC2CCN(C3CCCCC3)CC2)ccc1Nc1ncc(C(F)(F)F)c(CCc2ccc(C)cc2N(C)S(C)(=O)=O)n1. The van der Waals surface area contributed by atoms with Crippen LogP contribution in [-0.2, 0) is 29.0 Å². The first-order valence-corrected chi connectivity index (χ1v) is 18.5. The van der Waals surface area contributed by atoms with E-state index in [1.165, 1.54) is 46.3 Å². The van der Waals surface area contributed by atoms with Crippen LogP contribution in [-0.4, -0.2) is 74.8 Å². The fourth-order valence-corrected chi connectivity index (χ4v) is 7.22. The highest BCUT2D eigenvalue weighted by atomic mass is 32.2. The smallest absolute Gasteiger partial charge is 0.419 e. The average Bonchev–Trinajstić information content (AvgIpc) is 3.07. The van der Waals surface area contributed by atoms with Crippen LogP contribution in [0.5, 0.6) is 5.75 Å². The number of nitrogens with one attached hydrogen (secondary N) is 2. The van der Waals surface area contributed by atoms with E-state index < -0.39 is 21.8 Å². The molecule has 0 unspecified atom stereocenters. The van der Waals surface area contributed by atoms with Crippen molar-refractivity contribution in [2.45, 2.75) is 83.0 Å². The highest BCUT2D eigenvalue weighted by Crippen LogP contribution is 2.34. The number of rotatable bonds is 11. The van der Waals surface area contributed by atoms with Gasteiger partial charge in [-0.05, 0) is 80.8 Å². The second-order valence-electron chi connectivity index (χ2n) is 13.0. The van der Waals surface area contributed by atoms with Crippen molar-refractivity contribution < 1.29 is 31.1 Å². The van der Waals surface area contributed by atoms with Crippen molar-refractivity contribution in [1.82, 2.24) is 20.2 Å². The van der Waals surface area contributed by atoms with Gasteiger partial charge in [-0.2, -0.15) is 13.2 Å². The fourth-order valence-electron chi connectivity index (χ4n) is 6.69. The third-order valence-electron chi connectivity index (χ3n) is 9.55. The number of halogens is 3. The van der Waals surface area contributed by atoms with Gasteiger partial charge in [0.1, 0.15) is 5.75 Å². The second kappa shape index (κ2) is 15.3. The number of benzene rings is 2. The van der Waals surface area contributed by atoms with Gasteiger partial charge in [0.2, 0.25) is 16.0 Å². The Morgan fingerprint density at radius 3 is 2.41 bits per heavy atom. The summed E-state index contributed by atoms with van der Waals surface area (Å²) in [7, 11) is -0.754. The number of ether oxygens (including phenoxy) is 1. The first-order valence-electron chi connectivity index (χ1n) is 16.7. The maximum Gasteiger partial charge on any atom is 0.419 e. The first kappa shape index (κ1) is 36.4. The highest BCUT2D eigenvalue weighted by Gasteiger charge is 2.35. The van der Waals surface area contributed by atoms with E-state index in [1.54, 1.807) is 36.4 Å². The molecule has 0 bridgehead atoms. The fraction of sp³-hybridized carbons (Fsp3) is 0.514. The summed E-state index contributed by atoms with van der Waals surface area (Å²) in [6, 6.07) is 10.7. The van der Waals surface area contributed by atoms with E-state index in [2.05, 4.69) is 25.5 Å². The molecule has 14 heteroatoms. The number of hydrogen-bond donors (Lipinski definition) is 2. The predicted octanol–water partition coefficient (Wildman–Crippen LogP) is 6.26. The van der Waals surface area contributed by atoms with Crippen molar-refractivity contribution in [1.29, 1.82) is 0 Å². The molecule has 0 atom stereocenters. The van der Waals surface area contributed by atoms with Gasteiger partial charge in [-0.3, -0.25) is 9.10 Å². The van der Waals surface area contributed by atoms with Crippen LogP contribution in [0.4, 0.5) is 30.5 Å². The van der Waals surface area contributed by atoms with Crippen LogP contribution in [0.25, 0.3) is 0 Å². The molecule has 5 rings (SSSR count). The molecule has 0 radical (unpaired) electrons. The van der Waals surface area contributed by atoms with Crippen molar-refractivity contribution in [2.24, 2.45) is 0 Å². The van der Waals surface area contributed by atoms with Crippen molar-refractivity contribution in [2.75, 3.05) is 43.1 Å². The molecule has 1 saturated carbocycles. The number of hydrogen-bond acceptors (Lipinski definition) is 8. The third kappa shape index (κ3) is 9.21. The molecule has 2 heterocycles. The number of alkyl halides is 3. The average molecular weight is 703 g/mol. The maximum absolute atomic E-state index is 14.0. The molecular formula is C35H45F3N6O4S. The van der Waals surface area contributed by atoms with Crippen molar-refractivity contribution in [3.8, 4) is 5.75 Å². The molecule has 1 saturated heterocycles. The van der Waals surface area contributed by atoms with E-state index in [4.69, 9.17) is 4.74 Å². The predicted molar refractivity (Wildman–Crippen MR) is 184 cm³/mol. The number of carbonyl (C=O) groups is 1. The topological polar surface area (TPSA) is 117 Å². The summed E-state index contributed by atoms with van der Waals surface area (Å²) in [5.74, 6) is 0.00422. The lowest BCUT2D eigenvalue weighted by Crippen LogP contribution is -2.48. The maximum atomic E-state index is 14.0. The van der Waals surface area contributed by atoms with E-state index >= 15 is 0 Å². The summed E-state index contributed by atoms with van der Waals surface area (Å²) in [5.41, 5.74) is 1.31. The number of anilines is 3. The van der Waals surface area contributed by atoms with Crippen LogP contribution >= 0.6 is 0 Å². The minimum Gasteiger partial charge on any atom is -0.495 e. The standard InChI is InChI=1S/C35H45F3N6O4S/c1-23-10-11-24(31(20-23)43(2)49(4,46)47)12-14-29-28(35(36,37)38)22-39-34(41-29)42-30-15-13-25(21-32(30)48-3)33(45)40-26-16-18-44(19-17-26)27-8-6-5-7-9-27/h10-11,13,15,20-22,26-27H,5-9,12,14,16-19H2,1-4H3,(H,40,45)(H,39,41,42). The summed E-state index contributed by atoms with van der Waals surface area (Å²) < 4.78 is 73.2. The molecule has 49 heavy (non-hydrogen) atoms. The molecule has 0 spiro atoms. The summed E-state index contributed by atoms with van der Waals surface area (Å²) in [6.45, 7) is 3.75. The molecular weight excluding hydrogens is 657 g/mol. The van der Waals surface area contributed by atoms with Gasteiger partial charge in [-0.15, -0.1) is 0 Å².